The molecule has 0 aliphatic carbocycles. The normalized spacial score (nSPS) is 14.6. The summed E-state index contributed by atoms with van der Waals surface area (Å²) in [5.74, 6) is 0. The predicted molar refractivity (Wildman–Crippen MR) is 94.4 cm³/mol. The van der Waals surface area contributed by atoms with E-state index in [1.165, 1.54) is 27.3 Å². The third-order valence-electron chi connectivity index (χ3n) is 3.39. The van der Waals surface area contributed by atoms with Crippen molar-refractivity contribution in [3.8, 4) is 10.4 Å². The highest BCUT2D eigenvalue weighted by atomic mass is 79.9. The second kappa shape index (κ2) is 5.35. The Labute approximate surface area is 141 Å². The number of thiophene rings is 2. The molecule has 0 saturated carbocycles. The highest BCUT2D eigenvalue weighted by Gasteiger charge is 2.28. The largest absolute Gasteiger partial charge is 0.281 e. The Morgan fingerprint density at radius 2 is 2.05 bits per heavy atom. The molecule has 0 saturated heterocycles. The summed E-state index contributed by atoms with van der Waals surface area (Å²) in [6.07, 6.45) is 0. The Morgan fingerprint density at radius 1 is 1.19 bits per heavy atom. The van der Waals surface area contributed by atoms with Crippen LogP contribution in [0.1, 0.15) is 5.56 Å². The molecule has 1 aromatic carbocycles. The van der Waals surface area contributed by atoms with Crippen molar-refractivity contribution in [3.05, 3.63) is 57.2 Å². The molecule has 0 spiro atoms. The van der Waals surface area contributed by atoms with Gasteiger partial charge in [-0.3, -0.25) is 4.31 Å². The van der Waals surface area contributed by atoms with Crippen molar-refractivity contribution in [1.29, 1.82) is 0 Å². The maximum atomic E-state index is 12.9. The minimum atomic E-state index is -1.16. The van der Waals surface area contributed by atoms with Crippen LogP contribution in [0, 0.1) is 0 Å². The van der Waals surface area contributed by atoms with Crippen molar-refractivity contribution in [2.24, 2.45) is 0 Å². The monoisotopic (exact) mass is 395 g/mol. The number of hydrogen-bond acceptors (Lipinski definition) is 3. The van der Waals surface area contributed by atoms with Gasteiger partial charge >= 0.3 is 0 Å². The lowest BCUT2D eigenvalue weighted by Gasteiger charge is -2.28. The van der Waals surface area contributed by atoms with Crippen molar-refractivity contribution >= 4 is 55.3 Å². The number of benzene rings is 1. The molecular weight excluding hydrogens is 386 g/mol. The fourth-order valence-corrected chi connectivity index (χ4v) is 6.38. The average molecular weight is 396 g/mol. The summed E-state index contributed by atoms with van der Waals surface area (Å²) in [6, 6.07) is 14.3. The number of fused-ring (bicyclic) bond motifs is 3. The van der Waals surface area contributed by atoms with Crippen LogP contribution in [-0.4, -0.2) is 4.21 Å². The Bertz CT molecular complexity index is 825. The van der Waals surface area contributed by atoms with Crippen LogP contribution in [0.4, 0.5) is 5.69 Å². The zero-order chi connectivity index (χ0) is 14.4. The molecule has 0 fully saturated rings. The molecule has 0 amide bonds. The van der Waals surface area contributed by atoms with Crippen LogP contribution in [0.15, 0.2) is 55.8 Å². The molecule has 0 bridgehead atoms. The van der Waals surface area contributed by atoms with Gasteiger partial charge in [-0.15, -0.1) is 22.7 Å². The Hall–Kier alpha value is -0.950. The molecule has 106 valence electrons. The van der Waals surface area contributed by atoms with Gasteiger partial charge in [0, 0.05) is 0 Å². The zero-order valence-electron chi connectivity index (χ0n) is 10.8. The molecule has 4 rings (SSSR count). The molecule has 3 heterocycles. The van der Waals surface area contributed by atoms with Gasteiger partial charge < -0.3 is 0 Å². The lowest BCUT2D eigenvalue weighted by atomic mass is 10.0. The predicted octanol–water partition coefficient (Wildman–Crippen LogP) is 5.28. The van der Waals surface area contributed by atoms with Crippen LogP contribution in [-0.2, 0) is 17.5 Å². The van der Waals surface area contributed by atoms with E-state index in [2.05, 4.69) is 40.2 Å². The van der Waals surface area contributed by atoms with Gasteiger partial charge in [-0.05, 0) is 44.6 Å². The fraction of sp³-hybridized carbons (Fsp3) is 0.0667. The summed E-state index contributed by atoms with van der Waals surface area (Å²) in [6.45, 7) is 0.677. The standard InChI is InChI=1S/C15H10BrNOS3/c16-13-8-12-15(20-13)11-5-2-1-4-10(11)9-17(12)21(18)14-6-3-7-19-14/h1-8H,9H2. The van der Waals surface area contributed by atoms with Crippen molar-refractivity contribution in [3.63, 3.8) is 0 Å². The fourth-order valence-electron chi connectivity index (χ4n) is 2.47. The third-order valence-corrected chi connectivity index (χ3v) is 7.64. The van der Waals surface area contributed by atoms with E-state index in [0.717, 1.165) is 13.7 Å². The first-order valence-electron chi connectivity index (χ1n) is 6.34. The molecule has 0 radical (unpaired) electrons. The topological polar surface area (TPSA) is 20.3 Å². The smallest absolute Gasteiger partial charge is 0.163 e. The van der Waals surface area contributed by atoms with Gasteiger partial charge in [0.1, 0.15) is 4.21 Å². The van der Waals surface area contributed by atoms with E-state index >= 15 is 0 Å². The number of nitrogens with zero attached hydrogens (tertiary/aromatic N) is 1. The molecule has 0 N–H and O–H groups in total. The van der Waals surface area contributed by atoms with E-state index in [1.54, 1.807) is 11.3 Å². The third kappa shape index (κ3) is 2.30. The van der Waals surface area contributed by atoms with E-state index < -0.39 is 11.0 Å². The van der Waals surface area contributed by atoms with E-state index in [1.807, 2.05) is 27.9 Å². The Kier molecular flexibility index (Phi) is 3.49. The van der Waals surface area contributed by atoms with Gasteiger partial charge in [-0.2, -0.15) is 0 Å². The van der Waals surface area contributed by atoms with Crippen LogP contribution in [0.3, 0.4) is 0 Å². The quantitative estimate of drug-likeness (QED) is 0.577. The van der Waals surface area contributed by atoms with Crippen molar-refractivity contribution in [1.82, 2.24) is 0 Å². The second-order valence-corrected chi connectivity index (χ2v) is 9.66. The maximum Gasteiger partial charge on any atom is 0.163 e. The lowest BCUT2D eigenvalue weighted by Crippen LogP contribution is -2.27. The van der Waals surface area contributed by atoms with Crippen LogP contribution in [0.2, 0.25) is 0 Å². The molecule has 1 aliphatic heterocycles. The minimum absolute atomic E-state index is 0.677. The lowest BCUT2D eigenvalue weighted by molar-refractivity contribution is 0.680. The van der Waals surface area contributed by atoms with Gasteiger partial charge in [0.05, 0.1) is 20.9 Å². The second-order valence-electron chi connectivity index (χ2n) is 4.64. The summed E-state index contributed by atoms with van der Waals surface area (Å²) in [5, 5.41) is 1.97. The van der Waals surface area contributed by atoms with Gasteiger partial charge in [0.2, 0.25) is 0 Å². The summed E-state index contributed by atoms with van der Waals surface area (Å²) < 4.78 is 16.8. The molecule has 1 aliphatic rings. The zero-order valence-corrected chi connectivity index (χ0v) is 14.8. The van der Waals surface area contributed by atoms with E-state index in [9.17, 15) is 4.21 Å². The van der Waals surface area contributed by atoms with Gasteiger partial charge in [-0.25, -0.2) is 4.21 Å². The highest BCUT2D eigenvalue weighted by Crippen LogP contribution is 2.47. The first-order chi connectivity index (χ1) is 10.2. The summed E-state index contributed by atoms with van der Waals surface area (Å²) in [4.78, 5) is 1.19. The molecular formula is C15H10BrNOS3. The molecule has 1 atom stereocenters. The first-order valence-corrected chi connectivity index (χ1v) is 9.94. The first kappa shape index (κ1) is 13.7. The Balaban J connectivity index is 1.86. The molecule has 1 unspecified atom stereocenters. The van der Waals surface area contributed by atoms with Crippen LogP contribution in [0.5, 0.6) is 0 Å². The number of anilines is 1. The van der Waals surface area contributed by atoms with Gasteiger partial charge in [-0.1, -0.05) is 30.3 Å². The molecule has 2 aromatic heterocycles. The number of hydrogen-bond donors (Lipinski definition) is 0. The van der Waals surface area contributed by atoms with Crippen LogP contribution >= 0.6 is 38.6 Å². The van der Waals surface area contributed by atoms with Gasteiger partial charge in [0.15, 0.2) is 11.0 Å². The van der Waals surface area contributed by atoms with Gasteiger partial charge in [0.25, 0.3) is 0 Å². The Morgan fingerprint density at radius 3 is 2.86 bits per heavy atom. The van der Waals surface area contributed by atoms with E-state index in [-0.39, 0.29) is 0 Å². The average Bonchev–Trinajstić information content (AvgIpc) is 3.14. The van der Waals surface area contributed by atoms with Crippen molar-refractivity contribution in [2.45, 2.75) is 10.8 Å². The van der Waals surface area contributed by atoms with E-state index in [4.69, 9.17) is 0 Å². The van der Waals surface area contributed by atoms with E-state index in [0.29, 0.717) is 6.54 Å². The van der Waals surface area contributed by atoms with Crippen LogP contribution in [0.25, 0.3) is 10.4 Å². The molecule has 2 nitrogen and oxygen atoms in total. The molecule has 21 heavy (non-hydrogen) atoms. The highest BCUT2D eigenvalue weighted by molar-refractivity contribution is 9.11. The number of rotatable bonds is 2. The van der Waals surface area contributed by atoms with Crippen molar-refractivity contribution < 1.29 is 4.21 Å². The summed E-state index contributed by atoms with van der Waals surface area (Å²) >= 11 is 6.80. The number of halogens is 1. The van der Waals surface area contributed by atoms with Crippen LogP contribution < -0.4 is 4.31 Å². The molecule has 3 aromatic rings. The minimum Gasteiger partial charge on any atom is -0.281 e. The maximum absolute atomic E-state index is 12.9. The summed E-state index contributed by atoms with van der Waals surface area (Å²) in [7, 11) is -1.16. The SMILES string of the molecule is O=S(c1cccs1)N1Cc2ccccc2-c2sc(Br)cc21. The van der Waals surface area contributed by atoms with Crippen molar-refractivity contribution in [2.75, 3.05) is 4.31 Å². The molecule has 6 heteroatoms. The summed E-state index contributed by atoms with van der Waals surface area (Å²) in [5.41, 5.74) is 3.53.